The Labute approximate surface area is 244 Å². The Morgan fingerprint density at radius 1 is 0.875 bits per heavy atom. The molecule has 5 aromatic rings. The highest BCUT2D eigenvalue weighted by atomic mass is 35.5. The molecule has 0 aliphatic carbocycles. The number of rotatable bonds is 12. The second-order valence-electron chi connectivity index (χ2n) is 9.67. The van der Waals surface area contributed by atoms with Gasteiger partial charge in [-0.1, -0.05) is 90.5 Å². The number of carbonyl (C=O) groups excluding carboxylic acids is 1. The maximum Gasteiger partial charge on any atom is 0.271 e. The van der Waals surface area contributed by atoms with E-state index in [0.29, 0.717) is 18.8 Å². The molecule has 202 valence electrons. The summed E-state index contributed by atoms with van der Waals surface area (Å²) in [5.41, 5.74) is 5.15. The number of aromatic nitrogens is 2. The summed E-state index contributed by atoms with van der Waals surface area (Å²) in [6.07, 6.45) is 4.41. The van der Waals surface area contributed by atoms with Crippen molar-refractivity contribution in [2.45, 2.75) is 32.0 Å². The number of nitrogens with one attached hydrogen (secondary N) is 1. The van der Waals surface area contributed by atoms with Crippen molar-refractivity contribution in [3.05, 3.63) is 153 Å². The van der Waals surface area contributed by atoms with Gasteiger partial charge in [-0.3, -0.25) is 14.7 Å². The van der Waals surface area contributed by atoms with Crippen LogP contribution < -0.4 is 5.32 Å². The van der Waals surface area contributed by atoms with Gasteiger partial charge >= 0.3 is 0 Å². The second-order valence-corrected chi connectivity index (χ2v) is 11.1. The van der Waals surface area contributed by atoms with E-state index in [1.807, 2.05) is 35.7 Å². The number of carbonyl (C=O) groups is 1. The minimum Gasteiger partial charge on any atom is -0.347 e. The SMILES string of the molecule is O=C(NCc1cccnc1)c1csc(CN(CCC(c2ccccc2)c2ccccc2)Cc2cccc(Cl)c2)n1. The highest BCUT2D eigenvalue weighted by Crippen LogP contribution is 2.29. The molecule has 0 fully saturated rings. The van der Waals surface area contributed by atoms with Crippen molar-refractivity contribution in [2.75, 3.05) is 6.54 Å². The van der Waals surface area contributed by atoms with Crippen molar-refractivity contribution >= 4 is 28.8 Å². The van der Waals surface area contributed by atoms with Gasteiger partial charge in [0.05, 0.1) is 6.54 Å². The summed E-state index contributed by atoms with van der Waals surface area (Å²) in [5, 5.41) is 6.41. The zero-order valence-corrected chi connectivity index (χ0v) is 23.7. The van der Waals surface area contributed by atoms with Crippen molar-refractivity contribution in [3.63, 3.8) is 0 Å². The van der Waals surface area contributed by atoms with Crippen LogP contribution in [0.25, 0.3) is 0 Å². The smallest absolute Gasteiger partial charge is 0.271 e. The predicted molar refractivity (Wildman–Crippen MR) is 162 cm³/mol. The Hall–Kier alpha value is -3.84. The first-order valence-corrected chi connectivity index (χ1v) is 14.6. The molecule has 0 aliphatic heterocycles. The van der Waals surface area contributed by atoms with E-state index in [2.05, 4.69) is 86.9 Å². The van der Waals surface area contributed by atoms with Crippen LogP contribution in [0.1, 0.15) is 50.1 Å². The monoisotopic (exact) mass is 566 g/mol. The molecule has 5 nitrogen and oxygen atoms in total. The number of nitrogens with zero attached hydrogens (tertiary/aromatic N) is 3. The lowest BCUT2D eigenvalue weighted by Gasteiger charge is -2.25. The Morgan fingerprint density at radius 3 is 2.27 bits per heavy atom. The number of amides is 1. The highest BCUT2D eigenvalue weighted by Gasteiger charge is 2.18. The summed E-state index contributed by atoms with van der Waals surface area (Å²) < 4.78 is 0. The van der Waals surface area contributed by atoms with E-state index >= 15 is 0 Å². The Kier molecular flexibility index (Phi) is 9.69. The lowest BCUT2D eigenvalue weighted by Crippen LogP contribution is -2.26. The molecular formula is C33H31ClN4OS. The van der Waals surface area contributed by atoms with Gasteiger partial charge in [-0.2, -0.15) is 0 Å². The van der Waals surface area contributed by atoms with Gasteiger partial charge in [0, 0.05) is 41.8 Å². The summed E-state index contributed by atoms with van der Waals surface area (Å²) in [5.74, 6) is 0.0929. The topological polar surface area (TPSA) is 58.1 Å². The first kappa shape index (κ1) is 27.7. The summed E-state index contributed by atoms with van der Waals surface area (Å²) in [4.78, 5) is 23.9. The zero-order valence-electron chi connectivity index (χ0n) is 22.1. The van der Waals surface area contributed by atoms with E-state index in [0.717, 1.165) is 40.7 Å². The molecule has 1 amide bonds. The first-order chi connectivity index (χ1) is 19.6. The van der Waals surface area contributed by atoms with Crippen molar-refractivity contribution in [2.24, 2.45) is 0 Å². The molecule has 0 aliphatic rings. The zero-order chi connectivity index (χ0) is 27.6. The molecule has 0 atom stereocenters. The minimum absolute atomic E-state index is 0.180. The molecule has 5 rings (SSSR count). The highest BCUT2D eigenvalue weighted by molar-refractivity contribution is 7.09. The molecule has 1 N–H and O–H groups in total. The van der Waals surface area contributed by atoms with Gasteiger partial charge in [-0.25, -0.2) is 4.98 Å². The predicted octanol–water partition coefficient (Wildman–Crippen LogP) is 7.35. The Bertz CT molecular complexity index is 1460. The number of hydrogen-bond donors (Lipinski definition) is 1. The van der Waals surface area contributed by atoms with Crippen LogP contribution in [0.3, 0.4) is 0 Å². The Balaban J connectivity index is 1.30. The summed E-state index contributed by atoms with van der Waals surface area (Å²) in [6.45, 7) is 2.65. The van der Waals surface area contributed by atoms with Crippen LogP contribution in [0.5, 0.6) is 0 Å². The standard InChI is InChI=1S/C33H31ClN4OS/c34-29-15-7-9-25(19-29)22-38(18-16-30(27-11-3-1-4-12-27)28-13-5-2-6-14-28)23-32-37-31(24-40-32)33(39)36-21-26-10-8-17-35-20-26/h1-15,17,19-20,24,30H,16,18,21-23H2,(H,36,39). The van der Waals surface area contributed by atoms with Crippen LogP contribution in [0.2, 0.25) is 5.02 Å². The normalized spacial score (nSPS) is 11.2. The van der Waals surface area contributed by atoms with Crippen LogP contribution >= 0.6 is 22.9 Å². The number of halogens is 1. The van der Waals surface area contributed by atoms with Crippen LogP contribution in [0.4, 0.5) is 0 Å². The van der Waals surface area contributed by atoms with Crippen LogP contribution in [0.15, 0.2) is 115 Å². The molecule has 2 heterocycles. The maximum absolute atomic E-state index is 12.8. The summed E-state index contributed by atoms with van der Waals surface area (Å²) in [6, 6.07) is 33.1. The summed E-state index contributed by atoms with van der Waals surface area (Å²) in [7, 11) is 0. The van der Waals surface area contributed by atoms with Gasteiger partial charge < -0.3 is 5.32 Å². The lowest BCUT2D eigenvalue weighted by atomic mass is 9.88. The van der Waals surface area contributed by atoms with E-state index < -0.39 is 0 Å². The molecule has 3 aromatic carbocycles. The van der Waals surface area contributed by atoms with Gasteiger partial charge in [0.1, 0.15) is 10.7 Å². The van der Waals surface area contributed by atoms with Gasteiger partial charge in [-0.15, -0.1) is 11.3 Å². The van der Waals surface area contributed by atoms with Gasteiger partial charge in [0.25, 0.3) is 5.91 Å². The summed E-state index contributed by atoms with van der Waals surface area (Å²) >= 11 is 7.83. The molecular weight excluding hydrogens is 536 g/mol. The average molecular weight is 567 g/mol. The van der Waals surface area contributed by atoms with E-state index in [1.54, 1.807) is 12.4 Å². The lowest BCUT2D eigenvalue weighted by molar-refractivity contribution is 0.0946. The number of pyridine rings is 1. The third kappa shape index (κ3) is 7.85. The number of benzene rings is 3. The van der Waals surface area contributed by atoms with E-state index in [9.17, 15) is 4.79 Å². The van der Waals surface area contributed by atoms with E-state index in [1.165, 1.54) is 22.5 Å². The van der Waals surface area contributed by atoms with Crippen molar-refractivity contribution in [3.8, 4) is 0 Å². The molecule has 0 spiro atoms. The maximum atomic E-state index is 12.8. The quantitative estimate of drug-likeness (QED) is 0.171. The van der Waals surface area contributed by atoms with Crippen LogP contribution in [-0.2, 0) is 19.6 Å². The molecule has 0 saturated heterocycles. The van der Waals surface area contributed by atoms with Crippen molar-refractivity contribution < 1.29 is 4.79 Å². The van der Waals surface area contributed by atoms with Crippen LogP contribution in [0, 0.1) is 0 Å². The fourth-order valence-electron chi connectivity index (χ4n) is 4.77. The molecule has 2 aromatic heterocycles. The van der Waals surface area contributed by atoms with Gasteiger partial charge in [0.2, 0.25) is 0 Å². The third-order valence-corrected chi connectivity index (χ3v) is 7.82. The van der Waals surface area contributed by atoms with Crippen molar-refractivity contribution in [1.29, 1.82) is 0 Å². The van der Waals surface area contributed by atoms with Gasteiger partial charge in [0.15, 0.2) is 0 Å². The molecule has 0 bridgehead atoms. The molecule has 0 radical (unpaired) electrons. The minimum atomic E-state index is -0.180. The molecule has 0 unspecified atom stereocenters. The number of thiazole rings is 1. The number of hydrogen-bond acceptors (Lipinski definition) is 5. The largest absolute Gasteiger partial charge is 0.347 e. The fourth-order valence-corrected chi connectivity index (χ4v) is 5.80. The van der Waals surface area contributed by atoms with E-state index in [-0.39, 0.29) is 11.8 Å². The molecule has 0 saturated carbocycles. The third-order valence-electron chi connectivity index (χ3n) is 6.75. The fraction of sp³-hybridized carbons (Fsp3) is 0.182. The molecule has 40 heavy (non-hydrogen) atoms. The van der Waals surface area contributed by atoms with Crippen LogP contribution in [-0.4, -0.2) is 27.3 Å². The van der Waals surface area contributed by atoms with Crippen molar-refractivity contribution in [1.82, 2.24) is 20.2 Å². The Morgan fingerprint density at radius 2 is 1.60 bits per heavy atom. The van der Waals surface area contributed by atoms with Gasteiger partial charge in [-0.05, 0) is 53.4 Å². The average Bonchev–Trinajstić information content (AvgIpc) is 3.46. The second kappa shape index (κ2) is 14.0. The van der Waals surface area contributed by atoms with E-state index in [4.69, 9.17) is 11.6 Å². The molecule has 7 heteroatoms. The first-order valence-electron chi connectivity index (χ1n) is 13.3.